The molecule has 166 valence electrons. The van der Waals surface area contributed by atoms with Crippen molar-refractivity contribution < 1.29 is 8.85 Å². The summed E-state index contributed by atoms with van der Waals surface area (Å²) in [5, 5.41) is 0. The van der Waals surface area contributed by atoms with Gasteiger partial charge in [-0.05, 0) is 36.0 Å². The standard InChI is InChI=1S/C22H46O2S2Si2/c1-3-15-23-27(21-11-7-5-8-12-21)19-17-25-26-18-20-28(24-16-4-2)22-13-9-6-10-14-22/h21-22,27-28H,3-20H2,1-2H3. The first-order chi connectivity index (χ1) is 13.8. The van der Waals surface area contributed by atoms with Crippen LogP contribution < -0.4 is 0 Å². The highest BCUT2D eigenvalue weighted by atomic mass is 33.1. The maximum absolute atomic E-state index is 6.40. The average Bonchev–Trinajstić information content (AvgIpc) is 2.76. The Bertz CT molecular complexity index is 330. The highest BCUT2D eigenvalue weighted by molar-refractivity contribution is 8.76. The van der Waals surface area contributed by atoms with Gasteiger partial charge in [0.2, 0.25) is 0 Å². The molecule has 0 aliphatic heterocycles. The quantitative estimate of drug-likeness (QED) is 0.144. The molecule has 0 N–H and O–H groups in total. The van der Waals surface area contributed by atoms with Gasteiger partial charge in [-0.15, -0.1) is 0 Å². The van der Waals surface area contributed by atoms with Crippen molar-refractivity contribution in [2.45, 2.75) is 114 Å². The lowest BCUT2D eigenvalue weighted by Gasteiger charge is -2.29. The summed E-state index contributed by atoms with van der Waals surface area (Å²) in [6.45, 7) is 6.53. The molecule has 28 heavy (non-hydrogen) atoms. The SMILES string of the molecule is CCCO[SiH](CCSSCC[SiH](OCCC)C1CCCCC1)C1CCCCC1. The van der Waals surface area contributed by atoms with Crippen molar-refractivity contribution in [3.63, 3.8) is 0 Å². The second-order valence-electron chi connectivity index (χ2n) is 8.84. The fraction of sp³-hybridized carbons (Fsp3) is 1.00. The Morgan fingerprint density at radius 3 is 1.39 bits per heavy atom. The van der Waals surface area contributed by atoms with Gasteiger partial charge in [0.05, 0.1) is 0 Å². The smallest absolute Gasteiger partial charge is 0.180 e. The Kier molecular flexibility index (Phi) is 15.1. The van der Waals surface area contributed by atoms with Crippen molar-refractivity contribution >= 4 is 39.7 Å². The maximum Gasteiger partial charge on any atom is 0.180 e. The van der Waals surface area contributed by atoms with Gasteiger partial charge in [-0.25, -0.2) is 0 Å². The van der Waals surface area contributed by atoms with Gasteiger partial charge < -0.3 is 8.85 Å². The van der Waals surface area contributed by atoms with Crippen LogP contribution in [0.25, 0.3) is 0 Å². The first-order valence-electron chi connectivity index (χ1n) is 12.3. The van der Waals surface area contributed by atoms with Crippen LogP contribution in [0.3, 0.4) is 0 Å². The van der Waals surface area contributed by atoms with Crippen molar-refractivity contribution in [3.8, 4) is 0 Å². The van der Waals surface area contributed by atoms with Gasteiger partial charge in [0.15, 0.2) is 18.1 Å². The summed E-state index contributed by atoms with van der Waals surface area (Å²) in [5.41, 5.74) is 1.94. The predicted octanol–water partition coefficient (Wildman–Crippen LogP) is 7.34. The maximum atomic E-state index is 6.40. The van der Waals surface area contributed by atoms with Crippen LogP contribution in [0, 0.1) is 0 Å². The molecule has 2 atom stereocenters. The van der Waals surface area contributed by atoms with E-state index in [2.05, 4.69) is 35.4 Å². The third-order valence-corrected chi connectivity index (χ3v) is 16.3. The van der Waals surface area contributed by atoms with Crippen molar-refractivity contribution in [1.82, 2.24) is 0 Å². The Balaban J connectivity index is 1.61. The minimum absolute atomic E-state index is 0.969. The zero-order valence-corrected chi connectivity index (χ0v) is 22.6. The summed E-state index contributed by atoms with van der Waals surface area (Å²) in [7, 11) is 2.27. The number of hydrogen-bond donors (Lipinski definition) is 0. The third-order valence-electron chi connectivity index (χ3n) is 6.48. The van der Waals surface area contributed by atoms with Crippen LogP contribution in [-0.4, -0.2) is 42.8 Å². The summed E-state index contributed by atoms with van der Waals surface area (Å²) in [5.74, 6) is 2.63. The van der Waals surface area contributed by atoms with E-state index in [1.165, 1.54) is 101 Å². The van der Waals surface area contributed by atoms with Crippen molar-refractivity contribution in [3.05, 3.63) is 0 Å². The van der Waals surface area contributed by atoms with Crippen LogP contribution in [0.1, 0.15) is 90.9 Å². The molecule has 0 aromatic carbocycles. The molecule has 0 aromatic rings. The fourth-order valence-corrected chi connectivity index (χ4v) is 15.5. The Hall–Kier alpha value is 1.05. The predicted molar refractivity (Wildman–Crippen MR) is 135 cm³/mol. The molecule has 6 heteroatoms. The molecule has 0 saturated heterocycles. The molecule has 2 saturated carbocycles. The number of hydrogen-bond acceptors (Lipinski definition) is 4. The van der Waals surface area contributed by atoms with Crippen LogP contribution in [-0.2, 0) is 8.85 Å². The van der Waals surface area contributed by atoms with E-state index in [0.717, 1.165) is 24.3 Å². The fourth-order valence-electron chi connectivity index (χ4n) is 4.91. The van der Waals surface area contributed by atoms with Crippen LogP contribution in [0.15, 0.2) is 0 Å². The molecule has 2 fully saturated rings. The van der Waals surface area contributed by atoms with Gasteiger partial charge in [0.1, 0.15) is 0 Å². The molecular weight excluding hydrogens is 417 g/mol. The molecule has 2 rings (SSSR count). The second-order valence-corrected chi connectivity index (χ2v) is 17.4. The summed E-state index contributed by atoms with van der Waals surface area (Å²) < 4.78 is 12.8. The minimum Gasteiger partial charge on any atom is -0.420 e. The van der Waals surface area contributed by atoms with E-state index in [-0.39, 0.29) is 0 Å². The Morgan fingerprint density at radius 2 is 1.04 bits per heavy atom. The van der Waals surface area contributed by atoms with Gasteiger partial charge in [-0.2, -0.15) is 0 Å². The molecule has 0 bridgehead atoms. The monoisotopic (exact) mass is 462 g/mol. The summed E-state index contributed by atoms with van der Waals surface area (Å²) in [4.78, 5) is 0. The van der Waals surface area contributed by atoms with Crippen molar-refractivity contribution in [2.24, 2.45) is 0 Å². The molecule has 0 spiro atoms. The van der Waals surface area contributed by atoms with E-state index >= 15 is 0 Å². The lowest BCUT2D eigenvalue weighted by molar-refractivity contribution is 0.300. The van der Waals surface area contributed by atoms with E-state index in [4.69, 9.17) is 8.85 Å². The summed E-state index contributed by atoms with van der Waals surface area (Å²) in [6.07, 6.45) is 16.9. The van der Waals surface area contributed by atoms with Crippen LogP contribution in [0.2, 0.25) is 23.2 Å². The first-order valence-corrected chi connectivity index (χ1v) is 18.7. The normalized spacial score (nSPS) is 21.6. The lowest BCUT2D eigenvalue weighted by Crippen LogP contribution is -2.28. The van der Waals surface area contributed by atoms with E-state index in [1.54, 1.807) is 0 Å². The highest BCUT2D eigenvalue weighted by Crippen LogP contribution is 2.36. The highest BCUT2D eigenvalue weighted by Gasteiger charge is 2.27. The van der Waals surface area contributed by atoms with Gasteiger partial charge in [-0.3, -0.25) is 0 Å². The molecule has 2 unspecified atom stereocenters. The third kappa shape index (κ3) is 10.4. The zero-order valence-electron chi connectivity index (χ0n) is 18.7. The Labute approximate surface area is 186 Å². The van der Waals surface area contributed by atoms with Crippen LogP contribution >= 0.6 is 21.6 Å². The lowest BCUT2D eigenvalue weighted by atomic mass is 10.0. The van der Waals surface area contributed by atoms with E-state index in [9.17, 15) is 0 Å². The Morgan fingerprint density at radius 1 is 0.643 bits per heavy atom. The molecule has 0 heterocycles. The van der Waals surface area contributed by atoms with E-state index in [0.29, 0.717) is 0 Å². The number of rotatable bonds is 15. The molecule has 2 aliphatic rings. The molecule has 2 nitrogen and oxygen atoms in total. The molecule has 0 radical (unpaired) electrons. The van der Waals surface area contributed by atoms with Crippen molar-refractivity contribution in [1.29, 1.82) is 0 Å². The molecule has 0 amide bonds. The molecule has 2 aliphatic carbocycles. The molecule has 0 aromatic heterocycles. The van der Waals surface area contributed by atoms with Gasteiger partial charge in [0.25, 0.3) is 0 Å². The summed E-state index contributed by atoms with van der Waals surface area (Å²) in [6, 6.07) is 2.77. The van der Waals surface area contributed by atoms with Gasteiger partial charge in [0, 0.05) is 24.7 Å². The van der Waals surface area contributed by atoms with E-state index < -0.39 is 18.1 Å². The first kappa shape index (κ1) is 25.3. The molecular formula is C22H46O2S2Si2. The van der Waals surface area contributed by atoms with E-state index in [1.807, 2.05) is 0 Å². The van der Waals surface area contributed by atoms with Crippen molar-refractivity contribution in [2.75, 3.05) is 24.7 Å². The van der Waals surface area contributed by atoms with Gasteiger partial charge in [-0.1, -0.05) is 99.6 Å². The topological polar surface area (TPSA) is 18.5 Å². The second kappa shape index (κ2) is 16.7. The zero-order chi connectivity index (χ0) is 19.9. The summed E-state index contributed by atoms with van der Waals surface area (Å²) >= 11 is 0. The minimum atomic E-state index is -0.993. The van der Waals surface area contributed by atoms with Gasteiger partial charge >= 0.3 is 0 Å². The van der Waals surface area contributed by atoms with Crippen LogP contribution in [0.5, 0.6) is 0 Å². The average molecular weight is 463 g/mol. The van der Waals surface area contributed by atoms with Crippen LogP contribution in [0.4, 0.5) is 0 Å². The largest absolute Gasteiger partial charge is 0.420 e.